The maximum Gasteiger partial charge on any atom is 0.244 e. The summed E-state index contributed by atoms with van der Waals surface area (Å²) in [4.78, 5) is 11.5. The van der Waals surface area contributed by atoms with Crippen LogP contribution >= 0.6 is 11.6 Å². The van der Waals surface area contributed by atoms with Crippen LogP contribution < -0.4 is 5.32 Å². The van der Waals surface area contributed by atoms with E-state index < -0.39 is 0 Å². The molecule has 1 unspecified atom stereocenters. The van der Waals surface area contributed by atoms with Crippen LogP contribution in [0.25, 0.3) is 6.08 Å². The average Bonchev–Trinajstić information content (AvgIpc) is 2.33. The monoisotopic (exact) mass is 253 g/mol. The lowest BCUT2D eigenvalue weighted by Gasteiger charge is -2.11. The predicted molar refractivity (Wildman–Crippen MR) is 69.8 cm³/mol. The molecule has 0 aromatic heterocycles. The maximum absolute atomic E-state index is 11.5. The maximum atomic E-state index is 11.5. The van der Waals surface area contributed by atoms with Crippen LogP contribution in [0.5, 0.6) is 0 Å². The van der Waals surface area contributed by atoms with Crippen LogP contribution in [-0.4, -0.2) is 23.7 Å². The van der Waals surface area contributed by atoms with E-state index in [2.05, 4.69) is 5.32 Å². The zero-order valence-corrected chi connectivity index (χ0v) is 10.4. The van der Waals surface area contributed by atoms with Crippen LogP contribution in [0.4, 0.5) is 0 Å². The largest absolute Gasteiger partial charge is 0.394 e. The van der Waals surface area contributed by atoms with E-state index >= 15 is 0 Å². The van der Waals surface area contributed by atoms with Gasteiger partial charge in [0, 0.05) is 11.1 Å². The van der Waals surface area contributed by atoms with Crippen molar-refractivity contribution in [1.29, 1.82) is 0 Å². The molecular formula is C13H16ClNO2. The van der Waals surface area contributed by atoms with E-state index in [0.29, 0.717) is 11.4 Å². The highest BCUT2D eigenvalue weighted by molar-refractivity contribution is 6.30. The van der Waals surface area contributed by atoms with E-state index in [4.69, 9.17) is 16.7 Å². The lowest BCUT2D eigenvalue weighted by atomic mass is 10.2. The van der Waals surface area contributed by atoms with Gasteiger partial charge in [-0.15, -0.1) is 0 Å². The molecule has 0 aliphatic carbocycles. The van der Waals surface area contributed by atoms with Crippen molar-refractivity contribution in [3.05, 3.63) is 40.9 Å². The Morgan fingerprint density at radius 1 is 1.59 bits per heavy atom. The smallest absolute Gasteiger partial charge is 0.244 e. The van der Waals surface area contributed by atoms with Crippen molar-refractivity contribution in [1.82, 2.24) is 5.32 Å². The lowest BCUT2D eigenvalue weighted by Crippen LogP contribution is -2.35. The first-order chi connectivity index (χ1) is 8.15. The third-order valence-electron chi connectivity index (χ3n) is 2.34. The summed E-state index contributed by atoms with van der Waals surface area (Å²) in [7, 11) is 0. The van der Waals surface area contributed by atoms with Gasteiger partial charge >= 0.3 is 0 Å². The number of nitrogens with one attached hydrogen (secondary N) is 1. The Labute approximate surface area is 106 Å². The van der Waals surface area contributed by atoms with Crippen LogP contribution in [0, 0.1) is 0 Å². The van der Waals surface area contributed by atoms with Crippen molar-refractivity contribution in [2.24, 2.45) is 0 Å². The molecule has 0 aliphatic heterocycles. The number of carbonyl (C=O) groups is 1. The van der Waals surface area contributed by atoms with Gasteiger partial charge in [0.1, 0.15) is 0 Å². The summed E-state index contributed by atoms with van der Waals surface area (Å²) in [5.41, 5.74) is 0.865. The second kappa shape index (κ2) is 7.09. The number of amides is 1. The van der Waals surface area contributed by atoms with E-state index in [9.17, 15) is 4.79 Å². The number of rotatable bonds is 5. The van der Waals surface area contributed by atoms with Gasteiger partial charge in [0.25, 0.3) is 0 Å². The molecule has 17 heavy (non-hydrogen) atoms. The normalized spacial score (nSPS) is 12.6. The Hall–Kier alpha value is -1.32. The summed E-state index contributed by atoms with van der Waals surface area (Å²) in [6, 6.07) is 7.04. The molecule has 0 bridgehead atoms. The van der Waals surface area contributed by atoms with Crippen LogP contribution in [0.15, 0.2) is 30.3 Å². The molecule has 4 heteroatoms. The number of aliphatic hydroxyl groups is 1. The molecule has 0 fully saturated rings. The molecule has 2 N–H and O–H groups in total. The van der Waals surface area contributed by atoms with Gasteiger partial charge in [-0.1, -0.05) is 30.7 Å². The van der Waals surface area contributed by atoms with E-state index in [1.807, 2.05) is 19.1 Å². The SMILES string of the molecule is CCC(CO)NC(=O)/C=C/c1cccc(Cl)c1. The van der Waals surface area contributed by atoms with Crippen molar-refractivity contribution in [2.75, 3.05) is 6.61 Å². The second-order valence-corrected chi connectivity index (χ2v) is 4.12. The summed E-state index contributed by atoms with van der Waals surface area (Å²) < 4.78 is 0. The fourth-order valence-electron chi connectivity index (χ4n) is 1.31. The molecule has 0 saturated heterocycles. The Bertz CT molecular complexity index is 400. The summed E-state index contributed by atoms with van der Waals surface area (Å²) in [5.74, 6) is -0.217. The molecule has 1 aromatic carbocycles. The van der Waals surface area contributed by atoms with Crippen LogP contribution in [-0.2, 0) is 4.79 Å². The molecule has 0 saturated carbocycles. The number of carbonyl (C=O) groups excluding carboxylic acids is 1. The molecule has 1 atom stereocenters. The van der Waals surface area contributed by atoms with E-state index in [0.717, 1.165) is 5.56 Å². The molecule has 1 amide bonds. The minimum atomic E-state index is -0.217. The molecule has 0 spiro atoms. The van der Waals surface area contributed by atoms with Crippen LogP contribution in [0.3, 0.4) is 0 Å². The van der Waals surface area contributed by atoms with E-state index in [-0.39, 0.29) is 18.6 Å². The topological polar surface area (TPSA) is 49.3 Å². The van der Waals surface area contributed by atoms with Crippen molar-refractivity contribution in [3.63, 3.8) is 0 Å². The first-order valence-electron chi connectivity index (χ1n) is 5.50. The molecule has 92 valence electrons. The van der Waals surface area contributed by atoms with Gasteiger partial charge in [-0.25, -0.2) is 0 Å². The number of benzene rings is 1. The van der Waals surface area contributed by atoms with Crippen molar-refractivity contribution in [3.8, 4) is 0 Å². The third-order valence-corrected chi connectivity index (χ3v) is 2.57. The molecule has 0 radical (unpaired) electrons. The number of hydrogen-bond acceptors (Lipinski definition) is 2. The second-order valence-electron chi connectivity index (χ2n) is 3.68. The predicted octanol–water partition coefficient (Wildman–Crippen LogP) is 2.24. The minimum absolute atomic E-state index is 0.0484. The number of aliphatic hydroxyl groups excluding tert-OH is 1. The molecule has 1 rings (SSSR count). The van der Waals surface area contributed by atoms with Crippen molar-refractivity contribution >= 4 is 23.6 Å². The molecular weight excluding hydrogens is 238 g/mol. The molecule has 3 nitrogen and oxygen atoms in total. The lowest BCUT2D eigenvalue weighted by molar-refractivity contribution is -0.117. The van der Waals surface area contributed by atoms with E-state index in [1.165, 1.54) is 6.08 Å². The van der Waals surface area contributed by atoms with Gasteiger partial charge in [-0.3, -0.25) is 4.79 Å². The Kier molecular flexibility index (Phi) is 5.73. The first-order valence-corrected chi connectivity index (χ1v) is 5.88. The summed E-state index contributed by atoms with van der Waals surface area (Å²) in [5, 5.41) is 12.3. The van der Waals surface area contributed by atoms with Gasteiger partial charge < -0.3 is 10.4 Å². The van der Waals surface area contributed by atoms with Gasteiger partial charge in [0.15, 0.2) is 0 Å². The molecule has 0 heterocycles. The highest BCUT2D eigenvalue weighted by Crippen LogP contribution is 2.11. The number of hydrogen-bond donors (Lipinski definition) is 2. The Balaban J connectivity index is 2.56. The van der Waals surface area contributed by atoms with Crippen molar-refractivity contribution < 1.29 is 9.90 Å². The number of halogens is 1. The Morgan fingerprint density at radius 3 is 2.94 bits per heavy atom. The fourth-order valence-corrected chi connectivity index (χ4v) is 1.51. The van der Waals surface area contributed by atoms with Gasteiger partial charge in [-0.2, -0.15) is 0 Å². The van der Waals surface area contributed by atoms with Crippen LogP contribution in [0.1, 0.15) is 18.9 Å². The summed E-state index contributed by atoms with van der Waals surface area (Å²) in [6.45, 7) is 1.86. The third kappa shape index (κ3) is 5.02. The van der Waals surface area contributed by atoms with Gasteiger partial charge in [-0.05, 0) is 30.2 Å². The summed E-state index contributed by atoms with van der Waals surface area (Å²) >= 11 is 5.82. The standard InChI is InChI=1S/C13H16ClNO2/c1-2-12(9-16)15-13(17)7-6-10-4-3-5-11(14)8-10/h3-8,12,16H,2,9H2,1H3,(H,15,17)/b7-6+. The van der Waals surface area contributed by atoms with Crippen molar-refractivity contribution in [2.45, 2.75) is 19.4 Å². The van der Waals surface area contributed by atoms with Gasteiger partial charge in [0.2, 0.25) is 5.91 Å². The highest BCUT2D eigenvalue weighted by Gasteiger charge is 2.05. The Morgan fingerprint density at radius 2 is 2.35 bits per heavy atom. The van der Waals surface area contributed by atoms with E-state index in [1.54, 1.807) is 18.2 Å². The minimum Gasteiger partial charge on any atom is -0.394 e. The van der Waals surface area contributed by atoms with Crippen LogP contribution in [0.2, 0.25) is 5.02 Å². The fraction of sp³-hybridized carbons (Fsp3) is 0.308. The molecule has 0 aliphatic rings. The molecule has 1 aromatic rings. The first kappa shape index (κ1) is 13.7. The summed E-state index contributed by atoms with van der Waals surface area (Å²) in [6.07, 6.45) is 3.82. The highest BCUT2D eigenvalue weighted by atomic mass is 35.5. The van der Waals surface area contributed by atoms with Gasteiger partial charge in [0.05, 0.1) is 12.6 Å². The average molecular weight is 254 g/mol. The zero-order chi connectivity index (χ0) is 12.7. The quantitative estimate of drug-likeness (QED) is 0.791. The zero-order valence-electron chi connectivity index (χ0n) is 9.69.